The van der Waals surface area contributed by atoms with Gasteiger partial charge >= 0.3 is 12.2 Å². The van der Waals surface area contributed by atoms with E-state index < -0.39 is 29.7 Å². The average molecular weight is 343 g/mol. The van der Waals surface area contributed by atoms with Gasteiger partial charge in [-0.15, -0.1) is 0 Å². The second-order valence-corrected chi connectivity index (χ2v) is 5.80. The molecule has 1 atom stereocenters. The van der Waals surface area contributed by atoms with Gasteiger partial charge < -0.3 is 5.32 Å². The molecule has 0 saturated carbocycles. The van der Waals surface area contributed by atoms with E-state index in [1.807, 2.05) is 0 Å². The van der Waals surface area contributed by atoms with Crippen molar-refractivity contribution in [3.63, 3.8) is 0 Å². The molecule has 0 aliphatic carbocycles. The maximum absolute atomic E-state index is 13.5. The third kappa shape index (κ3) is 3.06. The SMILES string of the molecule is CC(C)CC(=O)N[C@@]1(C(F)(F)F)NC(=O)N(c2ccccc2)C1=O. The highest BCUT2D eigenvalue weighted by molar-refractivity contribution is 6.24. The van der Waals surface area contributed by atoms with Crippen LogP contribution in [0, 0.1) is 5.92 Å². The topological polar surface area (TPSA) is 78.5 Å². The third-order valence-corrected chi connectivity index (χ3v) is 3.38. The van der Waals surface area contributed by atoms with Gasteiger partial charge in [0.25, 0.3) is 11.6 Å². The Kier molecular flexibility index (Phi) is 4.54. The summed E-state index contributed by atoms with van der Waals surface area (Å²) in [5.41, 5.74) is -3.49. The number of halogens is 3. The van der Waals surface area contributed by atoms with Gasteiger partial charge in [-0.1, -0.05) is 32.0 Å². The lowest BCUT2D eigenvalue weighted by atomic mass is 10.1. The molecule has 130 valence electrons. The first-order valence-corrected chi connectivity index (χ1v) is 7.18. The number of carbonyl (C=O) groups is 3. The Bertz CT molecular complexity index is 661. The number of rotatable bonds is 4. The fourth-order valence-corrected chi connectivity index (χ4v) is 2.32. The first-order valence-electron chi connectivity index (χ1n) is 7.18. The van der Waals surface area contributed by atoms with Crippen LogP contribution in [0.25, 0.3) is 0 Å². The molecule has 6 nitrogen and oxygen atoms in total. The largest absolute Gasteiger partial charge is 0.440 e. The number of alkyl halides is 3. The number of hydrogen-bond acceptors (Lipinski definition) is 3. The second-order valence-electron chi connectivity index (χ2n) is 5.80. The van der Waals surface area contributed by atoms with Crippen molar-refractivity contribution in [2.75, 3.05) is 4.90 Å². The molecule has 1 aromatic rings. The van der Waals surface area contributed by atoms with Crippen molar-refractivity contribution in [3.05, 3.63) is 30.3 Å². The number of benzene rings is 1. The van der Waals surface area contributed by atoms with E-state index in [0.717, 1.165) is 0 Å². The zero-order valence-electron chi connectivity index (χ0n) is 13.0. The van der Waals surface area contributed by atoms with Gasteiger partial charge in [0, 0.05) is 6.42 Å². The molecule has 9 heteroatoms. The molecule has 0 radical (unpaired) electrons. The first kappa shape index (κ1) is 17.8. The zero-order chi connectivity index (χ0) is 18.1. The van der Waals surface area contributed by atoms with Gasteiger partial charge in [-0.05, 0) is 18.1 Å². The summed E-state index contributed by atoms with van der Waals surface area (Å²) in [5, 5.41) is 3.25. The number of carbonyl (C=O) groups excluding carboxylic acids is 3. The Balaban J connectivity index is 2.41. The quantitative estimate of drug-likeness (QED) is 0.823. The summed E-state index contributed by atoms with van der Waals surface area (Å²) in [4.78, 5) is 36.6. The molecule has 0 spiro atoms. The van der Waals surface area contributed by atoms with Gasteiger partial charge in [0.05, 0.1) is 5.69 Å². The van der Waals surface area contributed by atoms with E-state index in [1.165, 1.54) is 24.3 Å². The second kappa shape index (κ2) is 6.14. The van der Waals surface area contributed by atoms with Crippen molar-refractivity contribution in [1.82, 2.24) is 10.6 Å². The summed E-state index contributed by atoms with van der Waals surface area (Å²) in [6.45, 7) is 3.29. The van der Waals surface area contributed by atoms with Crippen molar-refractivity contribution in [3.8, 4) is 0 Å². The van der Waals surface area contributed by atoms with Crippen LogP contribution in [-0.4, -0.2) is 29.7 Å². The molecule has 1 saturated heterocycles. The van der Waals surface area contributed by atoms with E-state index >= 15 is 0 Å². The van der Waals surface area contributed by atoms with E-state index in [0.29, 0.717) is 4.90 Å². The lowest BCUT2D eigenvalue weighted by Gasteiger charge is -2.30. The molecule has 0 unspecified atom stereocenters. The minimum atomic E-state index is -5.20. The van der Waals surface area contributed by atoms with Crippen LogP contribution in [-0.2, 0) is 9.59 Å². The number of nitrogens with zero attached hydrogens (tertiary/aromatic N) is 1. The summed E-state index contributed by atoms with van der Waals surface area (Å²) in [5.74, 6) is -2.79. The molecule has 2 rings (SSSR count). The third-order valence-electron chi connectivity index (χ3n) is 3.38. The van der Waals surface area contributed by atoms with Crippen molar-refractivity contribution in [2.24, 2.45) is 5.92 Å². The minimum Gasteiger partial charge on any atom is -0.318 e. The van der Waals surface area contributed by atoms with Gasteiger partial charge in [0.1, 0.15) is 0 Å². The van der Waals surface area contributed by atoms with Gasteiger partial charge in [0.15, 0.2) is 0 Å². The zero-order valence-corrected chi connectivity index (χ0v) is 13.0. The van der Waals surface area contributed by atoms with Gasteiger partial charge in [-0.2, -0.15) is 13.2 Å². The average Bonchev–Trinajstić information content (AvgIpc) is 2.70. The molecule has 0 aromatic heterocycles. The molecular weight excluding hydrogens is 327 g/mol. The van der Waals surface area contributed by atoms with Crippen LogP contribution < -0.4 is 15.5 Å². The molecular formula is C15H16F3N3O3. The summed E-state index contributed by atoms with van der Waals surface area (Å²) in [7, 11) is 0. The van der Waals surface area contributed by atoms with Crippen LogP contribution in [0.5, 0.6) is 0 Å². The van der Waals surface area contributed by atoms with E-state index in [-0.39, 0.29) is 18.0 Å². The molecule has 0 bridgehead atoms. The van der Waals surface area contributed by atoms with Crippen molar-refractivity contribution in [1.29, 1.82) is 0 Å². The maximum atomic E-state index is 13.5. The van der Waals surface area contributed by atoms with Crippen molar-refractivity contribution >= 4 is 23.5 Å². The normalized spacial score (nSPS) is 21.2. The number of para-hydroxylation sites is 1. The lowest BCUT2D eigenvalue weighted by molar-refractivity contribution is -0.201. The van der Waals surface area contributed by atoms with Crippen LogP contribution >= 0.6 is 0 Å². The van der Waals surface area contributed by atoms with Crippen LogP contribution in [0.2, 0.25) is 0 Å². The number of nitrogens with one attached hydrogen (secondary N) is 2. The molecule has 1 aromatic carbocycles. The summed E-state index contributed by atoms with van der Waals surface area (Å²) < 4.78 is 40.6. The minimum absolute atomic E-state index is 0.0239. The Hall–Kier alpha value is -2.58. The van der Waals surface area contributed by atoms with Gasteiger partial charge in [-0.3, -0.25) is 14.9 Å². The highest BCUT2D eigenvalue weighted by Gasteiger charge is 2.69. The van der Waals surface area contributed by atoms with Crippen LogP contribution in [0.4, 0.5) is 23.7 Å². The fraction of sp³-hybridized carbons (Fsp3) is 0.400. The molecule has 4 amide bonds. The number of urea groups is 1. The summed E-state index contributed by atoms with van der Waals surface area (Å²) in [6.07, 6.45) is -5.41. The Morgan fingerprint density at radius 3 is 2.33 bits per heavy atom. The van der Waals surface area contributed by atoms with Gasteiger partial charge in [-0.25, -0.2) is 9.69 Å². The van der Waals surface area contributed by atoms with E-state index in [4.69, 9.17) is 0 Å². The molecule has 1 aliphatic rings. The molecule has 2 N–H and O–H groups in total. The molecule has 1 heterocycles. The van der Waals surface area contributed by atoms with Crippen LogP contribution in [0.3, 0.4) is 0 Å². The van der Waals surface area contributed by atoms with Crippen LogP contribution in [0.15, 0.2) is 30.3 Å². The number of anilines is 1. The summed E-state index contributed by atoms with van der Waals surface area (Å²) in [6, 6.07) is 5.92. The number of imide groups is 1. The standard InChI is InChI=1S/C15H16F3N3O3/c1-9(2)8-11(22)19-14(15(16,17)18)12(23)21(13(24)20-14)10-6-4-3-5-7-10/h3-7,9H,8H2,1-2H3,(H,19,22)(H,20,24)/t14-/m1/s1. The van der Waals surface area contributed by atoms with E-state index in [2.05, 4.69) is 0 Å². The molecule has 1 aliphatic heterocycles. The number of hydrogen-bond donors (Lipinski definition) is 2. The summed E-state index contributed by atoms with van der Waals surface area (Å²) >= 11 is 0. The number of amides is 4. The molecule has 24 heavy (non-hydrogen) atoms. The maximum Gasteiger partial charge on any atom is 0.440 e. The van der Waals surface area contributed by atoms with Crippen molar-refractivity contribution in [2.45, 2.75) is 32.1 Å². The van der Waals surface area contributed by atoms with Crippen molar-refractivity contribution < 1.29 is 27.6 Å². The highest BCUT2D eigenvalue weighted by Crippen LogP contribution is 2.35. The molecule has 1 fully saturated rings. The monoisotopic (exact) mass is 343 g/mol. The Morgan fingerprint density at radius 1 is 1.25 bits per heavy atom. The van der Waals surface area contributed by atoms with E-state index in [9.17, 15) is 27.6 Å². The smallest absolute Gasteiger partial charge is 0.318 e. The fourth-order valence-electron chi connectivity index (χ4n) is 2.32. The lowest BCUT2D eigenvalue weighted by Crippen LogP contribution is -2.69. The van der Waals surface area contributed by atoms with Crippen LogP contribution in [0.1, 0.15) is 20.3 Å². The Labute approximate surface area is 136 Å². The Morgan fingerprint density at radius 2 is 1.83 bits per heavy atom. The predicted molar refractivity (Wildman–Crippen MR) is 78.8 cm³/mol. The highest BCUT2D eigenvalue weighted by atomic mass is 19.4. The predicted octanol–water partition coefficient (Wildman–Crippen LogP) is 2.16. The first-order chi connectivity index (χ1) is 11.1. The van der Waals surface area contributed by atoms with E-state index in [1.54, 1.807) is 30.5 Å². The van der Waals surface area contributed by atoms with Gasteiger partial charge in [0.2, 0.25) is 5.91 Å².